The number of aliphatic carboxylic acids is 1. The van der Waals surface area contributed by atoms with Gasteiger partial charge in [0.15, 0.2) is 0 Å². The number of fused-ring (bicyclic) bond motifs is 1. The summed E-state index contributed by atoms with van der Waals surface area (Å²) in [4.78, 5) is 53.3. The van der Waals surface area contributed by atoms with Crippen LogP contribution in [0.4, 0.5) is 0 Å². The number of aliphatic hydroxyl groups is 1. The van der Waals surface area contributed by atoms with Crippen LogP contribution in [0.25, 0.3) is 10.9 Å². The Morgan fingerprint density at radius 1 is 0.917 bits per heavy atom. The van der Waals surface area contributed by atoms with Gasteiger partial charge >= 0.3 is 5.97 Å². The molecule has 0 bridgehead atoms. The van der Waals surface area contributed by atoms with E-state index in [9.17, 15) is 24.3 Å². The summed E-state index contributed by atoms with van der Waals surface area (Å²) >= 11 is 0. The van der Waals surface area contributed by atoms with Crippen LogP contribution in [0.15, 0.2) is 30.5 Å². The Morgan fingerprint density at radius 2 is 1.50 bits per heavy atom. The van der Waals surface area contributed by atoms with E-state index in [-0.39, 0.29) is 24.7 Å². The van der Waals surface area contributed by atoms with E-state index >= 15 is 0 Å². The number of benzene rings is 1. The number of amides is 3. The molecule has 1 aromatic heterocycles. The van der Waals surface area contributed by atoms with E-state index in [2.05, 4.69) is 20.9 Å². The minimum absolute atomic E-state index is 0.0190. The first-order valence-corrected chi connectivity index (χ1v) is 12.0. The van der Waals surface area contributed by atoms with Crippen LogP contribution in [-0.2, 0) is 25.6 Å². The van der Waals surface area contributed by atoms with Crippen LogP contribution in [0.3, 0.4) is 0 Å². The SMILES string of the molecule is CC(C)C[C@H](NC(=O)[C@H](Cc1c[nH]c2ccccc12)NC(=O)[C@@H](N)C(C)C)C(=O)N[C@@H](CO)C(=O)O. The summed E-state index contributed by atoms with van der Waals surface area (Å²) in [6, 6.07) is 3.07. The molecule has 2 rings (SSSR count). The summed E-state index contributed by atoms with van der Waals surface area (Å²) in [5.74, 6) is -3.42. The molecule has 0 fully saturated rings. The van der Waals surface area contributed by atoms with Crippen molar-refractivity contribution >= 4 is 34.6 Å². The van der Waals surface area contributed by atoms with Crippen molar-refractivity contribution in [2.75, 3.05) is 6.61 Å². The van der Waals surface area contributed by atoms with Gasteiger partial charge < -0.3 is 36.9 Å². The molecular weight excluding hydrogens is 466 g/mol. The van der Waals surface area contributed by atoms with Gasteiger partial charge in [-0.25, -0.2) is 4.79 Å². The summed E-state index contributed by atoms with van der Waals surface area (Å²) in [6.45, 7) is 6.49. The number of carbonyl (C=O) groups is 4. The quantitative estimate of drug-likeness (QED) is 0.204. The molecule has 4 atom stereocenters. The molecule has 0 aliphatic rings. The molecule has 0 radical (unpaired) electrons. The van der Waals surface area contributed by atoms with Crippen molar-refractivity contribution in [1.29, 1.82) is 0 Å². The van der Waals surface area contributed by atoms with E-state index in [1.165, 1.54) is 0 Å². The Kier molecular flexibility index (Phi) is 10.4. The highest BCUT2D eigenvalue weighted by Crippen LogP contribution is 2.19. The number of carboxylic acids is 1. The molecule has 1 heterocycles. The van der Waals surface area contributed by atoms with E-state index in [4.69, 9.17) is 10.8 Å². The summed E-state index contributed by atoms with van der Waals surface area (Å²) in [7, 11) is 0. The number of aromatic nitrogens is 1. The molecule has 0 aliphatic carbocycles. The molecule has 8 N–H and O–H groups in total. The number of nitrogens with one attached hydrogen (secondary N) is 4. The van der Waals surface area contributed by atoms with Crippen molar-refractivity contribution in [2.45, 2.75) is 64.7 Å². The molecule has 2 aromatic rings. The molecule has 0 aliphatic heterocycles. The number of nitrogens with two attached hydrogens (primary N) is 1. The topological polar surface area (TPSA) is 187 Å². The number of carbonyl (C=O) groups excluding carboxylic acids is 3. The third kappa shape index (κ3) is 7.79. The number of hydrogen-bond acceptors (Lipinski definition) is 6. The first kappa shape index (κ1) is 28.8. The number of rotatable bonds is 13. The fraction of sp³-hybridized carbons (Fsp3) is 0.520. The maximum atomic E-state index is 13.4. The lowest BCUT2D eigenvalue weighted by molar-refractivity contribution is -0.143. The van der Waals surface area contributed by atoms with Gasteiger partial charge in [0.05, 0.1) is 12.6 Å². The number of H-pyrrole nitrogens is 1. The Morgan fingerprint density at radius 3 is 2.08 bits per heavy atom. The third-order valence-electron chi connectivity index (χ3n) is 5.89. The molecule has 0 saturated carbocycles. The van der Waals surface area contributed by atoms with Gasteiger partial charge in [-0.1, -0.05) is 45.9 Å². The van der Waals surface area contributed by atoms with Crippen LogP contribution in [0.1, 0.15) is 39.7 Å². The van der Waals surface area contributed by atoms with Crippen LogP contribution in [0, 0.1) is 11.8 Å². The second-order valence-corrected chi connectivity index (χ2v) is 9.67. The predicted molar refractivity (Wildman–Crippen MR) is 135 cm³/mol. The minimum Gasteiger partial charge on any atom is -0.480 e. The molecule has 11 heteroatoms. The lowest BCUT2D eigenvalue weighted by Gasteiger charge is -2.26. The number of para-hydroxylation sites is 1. The highest BCUT2D eigenvalue weighted by molar-refractivity contribution is 5.95. The second kappa shape index (κ2) is 13.0. The zero-order valence-electron chi connectivity index (χ0n) is 21.1. The van der Waals surface area contributed by atoms with Crippen molar-refractivity contribution in [3.05, 3.63) is 36.0 Å². The van der Waals surface area contributed by atoms with E-state index in [0.717, 1.165) is 16.5 Å². The van der Waals surface area contributed by atoms with Crippen LogP contribution >= 0.6 is 0 Å². The van der Waals surface area contributed by atoms with Crippen molar-refractivity contribution in [2.24, 2.45) is 17.6 Å². The van der Waals surface area contributed by atoms with E-state index < -0.39 is 54.5 Å². The first-order valence-electron chi connectivity index (χ1n) is 12.0. The van der Waals surface area contributed by atoms with Crippen molar-refractivity contribution in [3.63, 3.8) is 0 Å². The van der Waals surface area contributed by atoms with Crippen molar-refractivity contribution in [1.82, 2.24) is 20.9 Å². The first-order chi connectivity index (χ1) is 16.9. The van der Waals surface area contributed by atoms with Gasteiger partial charge in [-0.3, -0.25) is 14.4 Å². The molecule has 11 nitrogen and oxygen atoms in total. The van der Waals surface area contributed by atoms with Gasteiger partial charge in [-0.2, -0.15) is 0 Å². The predicted octanol–water partition coefficient (Wildman–Crippen LogP) is 0.271. The Balaban J connectivity index is 2.30. The highest BCUT2D eigenvalue weighted by Gasteiger charge is 2.31. The highest BCUT2D eigenvalue weighted by atomic mass is 16.4. The van der Waals surface area contributed by atoms with Gasteiger partial charge in [0.1, 0.15) is 18.1 Å². The molecular formula is C25H37N5O6. The van der Waals surface area contributed by atoms with Crippen LogP contribution in [0.5, 0.6) is 0 Å². The van der Waals surface area contributed by atoms with Crippen molar-refractivity contribution < 1.29 is 29.4 Å². The fourth-order valence-corrected chi connectivity index (χ4v) is 3.73. The maximum Gasteiger partial charge on any atom is 0.328 e. The Bertz CT molecular complexity index is 1070. The van der Waals surface area contributed by atoms with Gasteiger partial charge in [0.25, 0.3) is 0 Å². The zero-order valence-corrected chi connectivity index (χ0v) is 21.1. The molecule has 1 aromatic carbocycles. The van der Waals surface area contributed by atoms with Crippen LogP contribution in [-0.4, -0.2) is 69.7 Å². The average Bonchev–Trinajstić information content (AvgIpc) is 3.23. The largest absolute Gasteiger partial charge is 0.480 e. The van der Waals surface area contributed by atoms with Gasteiger partial charge in [0, 0.05) is 23.5 Å². The van der Waals surface area contributed by atoms with E-state index in [0.29, 0.717) is 0 Å². The van der Waals surface area contributed by atoms with E-state index in [1.807, 2.05) is 38.1 Å². The minimum atomic E-state index is -1.50. The number of hydrogen-bond donors (Lipinski definition) is 7. The number of aromatic amines is 1. The molecule has 3 amide bonds. The summed E-state index contributed by atoms with van der Waals surface area (Å²) in [6.07, 6.45) is 2.11. The van der Waals surface area contributed by atoms with Gasteiger partial charge in [-0.05, 0) is 29.9 Å². The van der Waals surface area contributed by atoms with Crippen LogP contribution in [0.2, 0.25) is 0 Å². The second-order valence-electron chi connectivity index (χ2n) is 9.67. The third-order valence-corrected chi connectivity index (χ3v) is 5.89. The van der Waals surface area contributed by atoms with Crippen LogP contribution < -0.4 is 21.7 Å². The molecule has 0 unspecified atom stereocenters. The zero-order chi connectivity index (χ0) is 27.0. The standard InChI is InChI=1S/C25H37N5O6/c1-13(2)9-18(22(32)30-20(12-31)25(35)36)28-23(33)19(29-24(34)21(26)14(3)4)10-15-11-27-17-8-6-5-7-16(15)17/h5-8,11,13-14,18-21,27,31H,9-10,12,26H2,1-4H3,(H,28,33)(H,29,34)(H,30,32)(H,35,36)/t18-,19-,20-,21-/m0/s1. The lowest BCUT2D eigenvalue weighted by Crippen LogP contribution is -2.58. The maximum absolute atomic E-state index is 13.4. The van der Waals surface area contributed by atoms with E-state index in [1.54, 1.807) is 20.0 Å². The van der Waals surface area contributed by atoms with Gasteiger partial charge in [0.2, 0.25) is 17.7 Å². The molecule has 0 saturated heterocycles. The Labute approximate surface area is 210 Å². The number of aliphatic hydroxyl groups excluding tert-OH is 1. The summed E-state index contributed by atoms with van der Waals surface area (Å²) in [5, 5.41) is 26.9. The lowest BCUT2D eigenvalue weighted by atomic mass is 9.99. The number of carboxylic acid groups (broad SMARTS) is 1. The monoisotopic (exact) mass is 503 g/mol. The summed E-state index contributed by atoms with van der Waals surface area (Å²) < 4.78 is 0. The fourth-order valence-electron chi connectivity index (χ4n) is 3.73. The smallest absolute Gasteiger partial charge is 0.328 e. The van der Waals surface area contributed by atoms with Crippen molar-refractivity contribution in [3.8, 4) is 0 Å². The molecule has 36 heavy (non-hydrogen) atoms. The summed E-state index contributed by atoms with van der Waals surface area (Å²) in [5.41, 5.74) is 7.66. The molecule has 0 spiro atoms. The normalized spacial score (nSPS) is 14.8. The van der Waals surface area contributed by atoms with Gasteiger partial charge in [-0.15, -0.1) is 0 Å². The molecule has 198 valence electrons. The Hall–Kier alpha value is -3.44. The average molecular weight is 504 g/mol.